The van der Waals surface area contributed by atoms with E-state index >= 15 is 0 Å². The van der Waals surface area contributed by atoms with Crippen LogP contribution in [0.4, 0.5) is 0 Å². The van der Waals surface area contributed by atoms with Gasteiger partial charge in [-0.05, 0) is 36.1 Å². The fourth-order valence-corrected chi connectivity index (χ4v) is 2.73. The molecule has 0 aliphatic rings. The summed E-state index contributed by atoms with van der Waals surface area (Å²) in [5, 5.41) is 3.34. The predicted octanol–water partition coefficient (Wildman–Crippen LogP) is 5.49. The second-order valence-electron chi connectivity index (χ2n) is 5.35. The van der Waals surface area contributed by atoms with E-state index in [1.165, 1.54) is 0 Å². The maximum atomic E-state index is 6.12. The molecule has 0 radical (unpaired) electrons. The first-order valence-electron chi connectivity index (χ1n) is 7.34. The summed E-state index contributed by atoms with van der Waals surface area (Å²) in [5.74, 6) is 1.50. The molecule has 22 heavy (non-hydrogen) atoms. The van der Waals surface area contributed by atoms with Crippen LogP contribution in [0.15, 0.2) is 72.8 Å². The van der Waals surface area contributed by atoms with E-state index in [1.807, 2.05) is 61.5 Å². The monoisotopic (exact) mass is 285 g/mol. The standard InChI is InChI=1S/C20H15NO/c1-14-8-2-7-13-19(14)22-20-17-11-4-3-9-15(17)16-10-5-6-12-18(16)21-20/h2-13H,1H3. The molecule has 0 bridgehead atoms. The van der Waals surface area contributed by atoms with Crippen LogP contribution in [0.1, 0.15) is 5.56 Å². The Morgan fingerprint density at radius 1 is 0.682 bits per heavy atom. The summed E-state index contributed by atoms with van der Waals surface area (Å²) in [4.78, 5) is 4.72. The average molecular weight is 285 g/mol. The van der Waals surface area contributed by atoms with Gasteiger partial charge >= 0.3 is 0 Å². The summed E-state index contributed by atoms with van der Waals surface area (Å²) in [6.45, 7) is 2.04. The van der Waals surface area contributed by atoms with Gasteiger partial charge in [-0.25, -0.2) is 4.98 Å². The maximum Gasteiger partial charge on any atom is 0.227 e. The lowest BCUT2D eigenvalue weighted by Gasteiger charge is -2.12. The van der Waals surface area contributed by atoms with E-state index in [1.54, 1.807) is 0 Å². The number of benzene rings is 3. The first-order chi connectivity index (χ1) is 10.8. The van der Waals surface area contributed by atoms with E-state index in [9.17, 15) is 0 Å². The van der Waals surface area contributed by atoms with Crippen molar-refractivity contribution in [2.24, 2.45) is 0 Å². The van der Waals surface area contributed by atoms with Crippen molar-refractivity contribution in [1.82, 2.24) is 4.98 Å². The summed E-state index contributed by atoms with van der Waals surface area (Å²) < 4.78 is 6.12. The molecule has 106 valence electrons. The lowest BCUT2D eigenvalue weighted by molar-refractivity contribution is 0.467. The topological polar surface area (TPSA) is 22.1 Å². The smallest absolute Gasteiger partial charge is 0.227 e. The van der Waals surface area contributed by atoms with Crippen LogP contribution in [0, 0.1) is 6.92 Å². The molecule has 0 atom stereocenters. The Bertz CT molecular complexity index is 975. The van der Waals surface area contributed by atoms with Gasteiger partial charge in [-0.3, -0.25) is 0 Å². The number of para-hydroxylation sites is 2. The lowest BCUT2D eigenvalue weighted by atomic mass is 10.1. The molecule has 0 N–H and O–H groups in total. The van der Waals surface area contributed by atoms with Gasteiger partial charge in [0.05, 0.1) is 5.52 Å². The largest absolute Gasteiger partial charge is 0.438 e. The molecular weight excluding hydrogens is 270 g/mol. The minimum absolute atomic E-state index is 0.656. The van der Waals surface area contributed by atoms with E-state index in [0.29, 0.717) is 5.88 Å². The van der Waals surface area contributed by atoms with Crippen molar-refractivity contribution in [3.05, 3.63) is 78.4 Å². The quantitative estimate of drug-likeness (QED) is 0.454. The molecule has 0 saturated carbocycles. The molecule has 0 aliphatic heterocycles. The van der Waals surface area contributed by atoms with Gasteiger partial charge in [0, 0.05) is 10.8 Å². The average Bonchev–Trinajstić information content (AvgIpc) is 2.57. The van der Waals surface area contributed by atoms with E-state index in [0.717, 1.165) is 33.0 Å². The maximum absolute atomic E-state index is 6.12. The molecular formula is C20H15NO. The molecule has 0 fully saturated rings. The van der Waals surface area contributed by atoms with Crippen LogP contribution >= 0.6 is 0 Å². The Hall–Kier alpha value is -2.87. The predicted molar refractivity (Wildman–Crippen MR) is 90.5 cm³/mol. The van der Waals surface area contributed by atoms with Gasteiger partial charge in [-0.2, -0.15) is 0 Å². The van der Waals surface area contributed by atoms with E-state index in [4.69, 9.17) is 9.72 Å². The van der Waals surface area contributed by atoms with Crippen LogP contribution in [0.2, 0.25) is 0 Å². The first kappa shape index (κ1) is 12.8. The van der Waals surface area contributed by atoms with Crippen molar-refractivity contribution in [2.45, 2.75) is 6.92 Å². The van der Waals surface area contributed by atoms with Crippen LogP contribution < -0.4 is 4.74 Å². The number of rotatable bonds is 2. The second kappa shape index (κ2) is 5.15. The number of fused-ring (bicyclic) bond motifs is 3. The van der Waals surface area contributed by atoms with Crippen LogP contribution in [0.3, 0.4) is 0 Å². The fraction of sp³-hybridized carbons (Fsp3) is 0.0500. The Morgan fingerprint density at radius 2 is 1.32 bits per heavy atom. The Balaban J connectivity index is 1.98. The summed E-state index contributed by atoms with van der Waals surface area (Å²) in [6, 6.07) is 24.4. The lowest BCUT2D eigenvalue weighted by Crippen LogP contribution is -1.93. The molecule has 0 amide bonds. The zero-order valence-electron chi connectivity index (χ0n) is 12.3. The molecule has 2 heteroatoms. The Labute approximate surface area is 129 Å². The van der Waals surface area contributed by atoms with E-state index in [2.05, 4.69) is 18.2 Å². The molecule has 1 aromatic heterocycles. The van der Waals surface area contributed by atoms with Crippen LogP contribution in [0.25, 0.3) is 21.7 Å². The number of pyridine rings is 1. The molecule has 0 spiro atoms. The highest BCUT2D eigenvalue weighted by Gasteiger charge is 2.10. The zero-order valence-corrected chi connectivity index (χ0v) is 12.3. The fourth-order valence-electron chi connectivity index (χ4n) is 2.73. The number of hydrogen-bond donors (Lipinski definition) is 0. The summed E-state index contributed by atoms with van der Waals surface area (Å²) in [5.41, 5.74) is 2.05. The van der Waals surface area contributed by atoms with Gasteiger partial charge in [0.15, 0.2) is 0 Å². The third-order valence-electron chi connectivity index (χ3n) is 3.87. The minimum Gasteiger partial charge on any atom is -0.438 e. The third-order valence-corrected chi connectivity index (χ3v) is 3.87. The second-order valence-corrected chi connectivity index (χ2v) is 5.35. The Kier molecular flexibility index (Phi) is 3.01. The summed E-state index contributed by atoms with van der Waals surface area (Å²) in [7, 11) is 0. The SMILES string of the molecule is Cc1ccccc1Oc1nc2ccccc2c2ccccc12. The zero-order chi connectivity index (χ0) is 14.9. The van der Waals surface area contributed by atoms with Gasteiger partial charge in [0.1, 0.15) is 5.75 Å². The normalized spacial score (nSPS) is 11.0. The number of aromatic nitrogens is 1. The van der Waals surface area contributed by atoms with Crippen LogP contribution in [0.5, 0.6) is 11.6 Å². The summed E-state index contributed by atoms with van der Waals surface area (Å²) >= 11 is 0. The van der Waals surface area contributed by atoms with Crippen molar-refractivity contribution in [3.63, 3.8) is 0 Å². The molecule has 3 aromatic carbocycles. The highest BCUT2D eigenvalue weighted by molar-refractivity contribution is 6.07. The first-order valence-corrected chi connectivity index (χ1v) is 7.34. The molecule has 0 unspecified atom stereocenters. The number of ether oxygens (including phenoxy) is 1. The molecule has 1 heterocycles. The van der Waals surface area contributed by atoms with Gasteiger partial charge in [-0.1, -0.05) is 54.6 Å². The van der Waals surface area contributed by atoms with Crippen LogP contribution in [-0.4, -0.2) is 4.98 Å². The molecule has 0 aliphatic carbocycles. The molecule has 4 aromatic rings. The highest BCUT2D eigenvalue weighted by atomic mass is 16.5. The van der Waals surface area contributed by atoms with Gasteiger partial charge < -0.3 is 4.74 Å². The number of hydrogen-bond acceptors (Lipinski definition) is 2. The van der Waals surface area contributed by atoms with Crippen molar-refractivity contribution in [2.75, 3.05) is 0 Å². The van der Waals surface area contributed by atoms with E-state index < -0.39 is 0 Å². The van der Waals surface area contributed by atoms with Crippen molar-refractivity contribution < 1.29 is 4.74 Å². The van der Waals surface area contributed by atoms with Crippen molar-refractivity contribution in [1.29, 1.82) is 0 Å². The van der Waals surface area contributed by atoms with Crippen molar-refractivity contribution >= 4 is 21.7 Å². The number of aryl methyl sites for hydroxylation is 1. The van der Waals surface area contributed by atoms with Gasteiger partial charge in [-0.15, -0.1) is 0 Å². The van der Waals surface area contributed by atoms with Gasteiger partial charge in [0.2, 0.25) is 5.88 Å². The van der Waals surface area contributed by atoms with E-state index in [-0.39, 0.29) is 0 Å². The molecule has 0 saturated heterocycles. The number of nitrogens with zero attached hydrogens (tertiary/aromatic N) is 1. The summed E-state index contributed by atoms with van der Waals surface area (Å²) in [6.07, 6.45) is 0. The Morgan fingerprint density at radius 3 is 2.14 bits per heavy atom. The molecule has 2 nitrogen and oxygen atoms in total. The molecule has 4 rings (SSSR count). The van der Waals surface area contributed by atoms with Crippen LogP contribution in [-0.2, 0) is 0 Å². The third kappa shape index (κ3) is 2.09. The van der Waals surface area contributed by atoms with Crippen molar-refractivity contribution in [3.8, 4) is 11.6 Å². The minimum atomic E-state index is 0.656. The van der Waals surface area contributed by atoms with Gasteiger partial charge in [0.25, 0.3) is 0 Å². The highest BCUT2D eigenvalue weighted by Crippen LogP contribution is 2.33.